The predicted molar refractivity (Wildman–Crippen MR) is 122 cm³/mol. The number of anilines is 2. The molecule has 2 aromatic carbocycles. The van der Waals surface area contributed by atoms with Crippen LogP contribution in [0, 0.1) is 0 Å². The van der Waals surface area contributed by atoms with Gasteiger partial charge in [0.2, 0.25) is 17.1 Å². The van der Waals surface area contributed by atoms with Crippen LogP contribution < -0.4 is 14.8 Å². The number of aromatic nitrogens is 1. The van der Waals surface area contributed by atoms with E-state index in [0.29, 0.717) is 0 Å². The average Bonchev–Trinajstić information content (AvgIpc) is 3.04. The molecule has 0 unspecified atom stereocenters. The Balaban J connectivity index is 1.76. The Morgan fingerprint density at radius 3 is 2.72 bits per heavy atom. The first-order valence-electron chi connectivity index (χ1n) is 10.1. The molecule has 1 amide bonds. The predicted octanol–water partition coefficient (Wildman–Crippen LogP) is 5.43. The first-order valence-corrected chi connectivity index (χ1v) is 10.9. The van der Waals surface area contributed by atoms with Crippen molar-refractivity contribution in [2.45, 2.75) is 38.6 Å². The molecule has 4 nitrogen and oxygen atoms in total. The van der Waals surface area contributed by atoms with Crippen LogP contribution in [-0.2, 0) is 11.3 Å². The fourth-order valence-electron chi connectivity index (χ4n) is 3.83. The molecule has 1 aromatic heterocycles. The van der Waals surface area contributed by atoms with Gasteiger partial charge < -0.3 is 10.2 Å². The topological polar surface area (TPSA) is 36.2 Å². The lowest BCUT2D eigenvalue weighted by Gasteiger charge is -2.19. The summed E-state index contributed by atoms with van der Waals surface area (Å²) in [4.78, 5) is 15.0. The summed E-state index contributed by atoms with van der Waals surface area (Å²) in [5, 5.41) is 5.37. The molecule has 5 heteroatoms. The van der Waals surface area contributed by atoms with E-state index < -0.39 is 0 Å². The summed E-state index contributed by atoms with van der Waals surface area (Å²) in [5.41, 5.74) is 4.50. The molecular weight excluding hydrogens is 378 g/mol. The monoisotopic (exact) mass is 404 g/mol. The van der Waals surface area contributed by atoms with Crippen LogP contribution in [0.3, 0.4) is 0 Å². The fourth-order valence-corrected chi connectivity index (χ4v) is 5.01. The third kappa shape index (κ3) is 3.87. The van der Waals surface area contributed by atoms with E-state index in [4.69, 9.17) is 0 Å². The Bertz CT molecular complexity index is 1110. The SMILES string of the molecule is CCCN1/C(=C/c2ccc3ccccc3[n+]2CC)Sc2cc(NC(C)=O)ccc21. The lowest BCUT2D eigenvalue weighted by atomic mass is 10.2. The molecule has 4 rings (SSSR count). The highest BCUT2D eigenvalue weighted by Gasteiger charge is 2.26. The van der Waals surface area contributed by atoms with Gasteiger partial charge in [0, 0.05) is 47.6 Å². The van der Waals surface area contributed by atoms with Crippen LogP contribution in [0.25, 0.3) is 17.0 Å². The van der Waals surface area contributed by atoms with Crippen LogP contribution in [-0.4, -0.2) is 12.5 Å². The maximum absolute atomic E-state index is 11.4. The van der Waals surface area contributed by atoms with Gasteiger partial charge in [0.25, 0.3) is 0 Å². The van der Waals surface area contributed by atoms with Gasteiger partial charge >= 0.3 is 0 Å². The molecule has 0 radical (unpaired) electrons. The molecule has 0 aliphatic carbocycles. The van der Waals surface area contributed by atoms with Gasteiger partial charge in [0.15, 0.2) is 0 Å². The van der Waals surface area contributed by atoms with E-state index in [1.165, 1.54) is 39.1 Å². The third-order valence-corrected chi connectivity index (χ3v) is 6.15. The second-order valence-corrected chi connectivity index (χ2v) is 8.22. The molecule has 29 heavy (non-hydrogen) atoms. The molecule has 0 spiro atoms. The molecule has 0 saturated heterocycles. The average molecular weight is 405 g/mol. The molecule has 3 aromatic rings. The highest BCUT2D eigenvalue weighted by Crippen LogP contribution is 2.47. The van der Waals surface area contributed by atoms with Crippen molar-refractivity contribution in [1.29, 1.82) is 0 Å². The van der Waals surface area contributed by atoms with Crippen molar-refractivity contribution in [2.75, 3.05) is 16.8 Å². The number of nitrogens with zero attached hydrogens (tertiary/aromatic N) is 2. The maximum atomic E-state index is 11.4. The first kappa shape index (κ1) is 19.5. The number of fused-ring (bicyclic) bond motifs is 2. The van der Waals surface area contributed by atoms with Crippen LogP contribution in [0.4, 0.5) is 11.4 Å². The third-order valence-electron chi connectivity index (χ3n) is 5.06. The zero-order chi connectivity index (χ0) is 20.4. The van der Waals surface area contributed by atoms with E-state index in [0.717, 1.165) is 25.2 Å². The van der Waals surface area contributed by atoms with Crippen molar-refractivity contribution >= 4 is 46.0 Å². The summed E-state index contributed by atoms with van der Waals surface area (Å²) in [5.74, 6) is -0.0470. The summed E-state index contributed by atoms with van der Waals surface area (Å²) in [6.45, 7) is 7.81. The Labute approximate surface area is 176 Å². The molecule has 1 aliphatic rings. The number of hydrogen-bond acceptors (Lipinski definition) is 3. The Morgan fingerprint density at radius 1 is 1.14 bits per heavy atom. The number of pyridine rings is 1. The lowest BCUT2D eigenvalue weighted by molar-refractivity contribution is -0.669. The van der Waals surface area contributed by atoms with E-state index in [2.05, 4.69) is 83.2 Å². The summed E-state index contributed by atoms with van der Waals surface area (Å²) >= 11 is 1.77. The normalized spacial score (nSPS) is 14.4. The molecule has 0 fully saturated rings. The van der Waals surface area contributed by atoms with Crippen molar-refractivity contribution in [3.05, 3.63) is 65.3 Å². The van der Waals surface area contributed by atoms with Crippen LogP contribution in [0.5, 0.6) is 0 Å². The minimum absolute atomic E-state index is 0.0470. The van der Waals surface area contributed by atoms with Crippen LogP contribution in [0.2, 0.25) is 0 Å². The molecule has 2 heterocycles. The lowest BCUT2D eigenvalue weighted by Crippen LogP contribution is -2.37. The Hall–Kier alpha value is -2.79. The van der Waals surface area contributed by atoms with Gasteiger partial charge in [-0.15, -0.1) is 0 Å². The summed E-state index contributed by atoms with van der Waals surface area (Å²) in [6.07, 6.45) is 3.35. The number of amides is 1. The van der Waals surface area contributed by atoms with E-state index in [-0.39, 0.29) is 5.91 Å². The quantitative estimate of drug-likeness (QED) is 0.576. The number of benzene rings is 2. The summed E-state index contributed by atoms with van der Waals surface area (Å²) in [7, 11) is 0. The molecular formula is C24H26N3OS+. The van der Waals surface area contributed by atoms with Gasteiger partial charge in [0.1, 0.15) is 6.54 Å². The van der Waals surface area contributed by atoms with E-state index in [1.54, 1.807) is 11.8 Å². The number of nitrogens with one attached hydrogen (secondary N) is 1. The Kier molecular flexibility index (Phi) is 5.58. The minimum Gasteiger partial charge on any atom is -0.335 e. The van der Waals surface area contributed by atoms with Crippen molar-refractivity contribution in [3.8, 4) is 0 Å². The fraction of sp³-hybridized carbons (Fsp3) is 0.250. The molecule has 0 saturated carbocycles. The maximum Gasteiger partial charge on any atom is 0.221 e. The smallest absolute Gasteiger partial charge is 0.221 e. The van der Waals surface area contributed by atoms with E-state index >= 15 is 0 Å². The number of aryl methyl sites for hydroxylation is 1. The van der Waals surface area contributed by atoms with Gasteiger partial charge in [0.05, 0.1) is 10.7 Å². The molecule has 0 bridgehead atoms. The number of para-hydroxylation sites is 1. The second-order valence-electron chi connectivity index (χ2n) is 7.16. The number of rotatable bonds is 5. The number of carbonyl (C=O) groups excluding carboxylic acids is 1. The zero-order valence-electron chi connectivity index (χ0n) is 17.1. The number of thioether (sulfide) groups is 1. The van der Waals surface area contributed by atoms with Gasteiger partial charge in [-0.05, 0) is 43.7 Å². The van der Waals surface area contributed by atoms with Crippen molar-refractivity contribution in [3.63, 3.8) is 0 Å². The van der Waals surface area contributed by atoms with Crippen LogP contribution in [0.15, 0.2) is 64.5 Å². The van der Waals surface area contributed by atoms with E-state index in [1.807, 2.05) is 6.07 Å². The van der Waals surface area contributed by atoms with E-state index in [9.17, 15) is 4.79 Å². The van der Waals surface area contributed by atoms with Crippen molar-refractivity contribution in [2.24, 2.45) is 0 Å². The molecule has 148 valence electrons. The van der Waals surface area contributed by atoms with Gasteiger partial charge in [-0.1, -0.05) is 30.8 Å². The molecule has 0 atom stereocenters. The number of hydrogen-bond donors (Lipinski definition) is 1. The van der Waals surface area contributed by atoms with Crippen LogP contribution >= 0.6 is 11.8 Å². The highest BCUT2D eigenvalue weighted by atomic mass is 32.2. The largest absolute Gasteiger partial charge is 0.335 e. The number of carbonyl (C=O) groups is 1. The van der Waals surface area contributed by atoms with Crippen LogP contribution in [0.1, 0.15) is 32.9 Å². The Morgan fingerprint density at radius 2 is 1.97 bits per heavy atom. The summed E-state index contributed by atoms with van der Waals surface area (Å²) < 4.78 is 2.36. The molecule has 1 N–H and O–H groups in total. The van der Waals surface area contributed by atoms with Gasteiger partial charge in [-0.3, -0.25) is 4.79 Å². The second kappa shape index (κ2) is 8.29. The highest BCUT2D eigenvalue weighted by molar-refractivity contribution is 8.03. The van der Waals surface area contributed by atoms with Crippen molar-refractivity contribution < 1.29 is 9.36 Å². The summed E-state index contributed by atoms with van der Waals surface area (Å²) in [6, 6.07) is 19.1. The van der Waals surface area contributed by atoms with Gasteiger partial charge in [-0.2, -0.15) is 4.57 Å². The minimum atomic E-state index is -0.0470. The first-order chi connectivity index (χ1) is 14.1. The standard InChI is InChI=1S/C24H25N3OS/c1-4-14-27-22-13-11-19(25-17(3)28)15-23(22)29-24(27)16-20-12-10-18-8-6-7-9-21(18)26(20)5-2/h6-13,15-16H,4-5,14H2,1-3H3/p+1. The zero-order valence-corrected chi connectivity index (χ0v) is 17.9. The molecule has 1 aliphatic heterocycles. The van der Waals surface area contributed by atoms with Gasteiger partial charge in [-0.25, -0.2) is 0 Å². The van der Waals surface area contributed by atoms with Crippen molar-refractivity contribution in [1.82, 2.24) is 0 Å².